The predicted octanol–water partition coefficient (Wildman–Crippen LogP) is 1.88. The molecular formula is C19H23N5O3. The fourth-order valence-electron chi connectivity index (χ4n) is 2.94. The normalized spacial score (nSPS) is 12.2. The van der Waals surface area contributed by atoms with Gasteiger partial charge in [0.2, 0.25) is 5.91 Å². The van der Waals surface area contributed by atoms with E-state index in [9.17, 15) is 9.90 Å². The highest BCUT2D eigenvalue weighted by Crippen LogP contribution is 2.17. The summed E-state index contributed by atoms with van der Waals surface area (Å²) < 4.78 is 6.79. The van der Waals surface area contributed by atoms with Gasteiger partial charge in [0.25, 0.3) is 5.95 Å². The lowest BCUT2D eigenvalue weighted by atomic mass is 10.1. The average Bonchev–Trinajstić information content (AvgIpc) is 3.23. The topological polar surface area (TPSA) is 106 Å². The van der Waals surface area contributed by atoms with Gasteiger partial charge in [-0.2, -0.15) is 5.10 Å². The summed E-state index contributed by atoms with van der Waals surface area (Å²) in [6.45, 7) is 7.64. The molecule has 8 nitrogen and oxygen atoms in total. The van der Waals surface area contributed by atoms with Crippen molar-refractivity contribution in [1.29, 1.82) is 0 Å². The van der Waals surface area contributed by atoms with Crippen LogP contribution in [0.4, 0.5) is 0 Å². The Morgan fingerprint density at radius 1 is 1.26 bits per heavy atom. The quantitative estimate of drug-likeness (QED) is 0.687. The third kappa shape index (κ3) is 4.22. The molecule has 3 aromatic heterocycles. The Morgan fingerprint density at radius 2 is 1.96 bits per heavy atom. The van der Waals surface area contributed by atoms with Crippen LogP contribution in [-0.2, 0) is 11.2 Å². The van der Waals surface area contributed by atoms with Crippen LogP contribution in [0.1, 0.15) is 40.2 Å². The van der Waals surface area contributed by atoms with E-state index in [0.717, 1.165) is 28.3 Å². The molecular weight excluding hydrogens is 346 g/mol. The summed E-state index contributed by atoms with van der Waals surface area (Å²) in [5, 5.41) is 17.2. The van der Waals surface area contributed by atoms with Crippen molar-refractivity contribution in [3.63, 3.8) is 0 Å². The average molecular weight is 369 g/mol. The number of aliphatic hydroxyl groups excluding tert-OH is 1. The molecule has 0 radical (unpaired) electrons. The van der Waals surface area contributed by atoms with Gasteiger partial charge in [-0.15, -0.1) is 0 Å². The van der Waals surface area contributed by atoms with E-state index in [1.807, 2.05) is 33.8 Å². The second-order valence-corrected chi connectivity index (χ2v) is 6.52. The Kier molecular flexibility index (Phi) is 5.36. The van der Waals surface area contributed by atoms with Gasteiger partial charge in [0.05, 0.1) is 24.9 Å². The van der Waals surface area contributed by atoms with E-state index >= 15 is 0 Å². The molecule has 0 aliphatic carbocycles. The first-order chi connectivity index (χ1) is 12.8. The van der Waals surface area contributed by atoms with Gasteiger partial charge >= 0.3 is 0 Å². The minimum atomic E-state index is -0.877. The summed E-state index contributed by atoms with van der Waals surface area (Å²) in [6, 6.07) is 5.25. The van der Waals surface area contributed by atoms with Crippen LogP contribution in [0, 0.1) is 27.7 Å². The molecule has 0 aromatic carbocycles. The van der Waals surface area contributed by atoms with Gasteiger partial charge in [-0.05, 0) is 45.9 Å². The van der Waals surface area contributed by atoms with Crippen molar-refractivity contribution in [2.45, 2.75) is 40.2 Å². The van der Waals surface area contributed by atoms with E-state index in [2.05, 4.69) is 20.4 Å². The van der Waals surface area contributed by atoms with Crippen molar-refractivity contribution < 1.29 is 14.3 Å². The molecule has 3 heterocycles. The Hall–Kier alpha value is -3.00. The molecule has 0 bridgehead atoms. The molecule has 1 atom stereocenters. The number of furan rings is 1. The van der Waals surface area contributed by atoms with Crippen LogP contribution in [0.2, 0.25) is 0 Å². The Morgan fingerprint density at radius 3 is 2.59 bits per heavy atom. The minimum absolute atomic E-state index is 0.0821. The maximum Gasteiger partial charge on any atom is 0.251 e. The highest BCUT2D eigenvalue weighted by atomic mass is 16.4. The maximum atomic E-state index is 12.3. The Labute approximate surface area is 157 Å². The number of carbonyl (C=O) groups is 1. The van der Waals surface area contributed by atoms with Crippen LogP contribution in [0.5, 0.6) is 0 Å². The summed E-state index contributed by atoms with van der Waals surface area (Å²) in [4.78, 5) is 21.2. The van der Waals surface area contributed by atoms with Gasteiger partial charge in [-0.25, -0.2) is 14.6 Å². The number of rotatable bonds is 6. The van der Waals surface area contributed by atoms with Crippen LogP contribution in [0.3, 0.4) is 0 Å². The number of nitrogens with zero attached hydrogens (tertiary/aromatic N) is 4. The zero-order valence-electron chi connectivity index (χ0n) is 15.9. The number of aryl methyl sites for hydroxylation is 3. The largest absolute Gasteiger partial charge is 0.467 e. The third-order valence-corrected chi connectivity index (χ3v) is 4.30. The van der Waals surface area contributed by atoms with Crippen LogP contribution >= 0.6 is 0 Å². The van der Waals surface area contributed by atoms with Crippen molar-refractivity contribution in [2.75, 3.05) is 6.54 Å². The number of carbonyl (C=O) groups excluding carboxylic acids is 1. The lowest BCUT2D eigenvalue weighted by Gasteiger charge is -2.10. The highest BCUT2D eigenvalue weighted by Gasteiger charge is 2.18. The molecule has 1 amide bonds. The van der Waals surface area contributed by atoms with Crippen molar-refractivity contribution in [3.8, 4) is 5.95 Å². The minimum Gasteiger partial charge on any atom is -0.467 e. The second kappa shape index (κ2) is 7.71. The van der Waals surface area contributed by atoms with Gasteiger partial charge < -0.3 is 14.8 Å². The molecule has 2 N–H and O–H groups in total. The lowest BCUT2D eigenvalue weighted by Crippen LogP contribution is -2.29. The Balaban J connectivity index is 1.72. The van der Waals surface area contributed by atoms with Gasteiger partial charge in [0.1, 0.15) is 11.9 Å². The molecule has 0 saturated carbocycles. The monoisotopic (exact) mass is 369 g/mol. The van der Waals surface area contributed by atoms with Crippen molar-refractivity contribution in [1.82, 2.24) is 25.1 Å². The van der Waals surface area contributed by atoms with Gasteiger partial charge in [0.15, 0.2) is 0 Å². The predicted molar refractivity (Wildman–Crippen MR) is 98.5 cm³/mol. The molecule has 1 unspecified atom stereocenters. The van der Waals surface area contributed by atoms with Gasteiger partial charge in [0, 0.05) is 22.6 Å². The number of nitrogens with one attached hydrogen (secondary N) is 1. The highest BCUT2D eigenvalue weighted by molar-refractivity contribution is 5.79. The molecule has 0 spiro atoms. The molecule has 0 fully saturated rings. The molecule has 3 rings (SSSR count). The molecule has 27 heavy (non-hydrogen) atoms. The zero-order chi connectivity index (χ0) is 19.6. The van der Waals surface area contributed by atoms with Crippen LogP contribution in [-0.4, -0.2) is 37.3 Å². The number of hydrogen-bond donors (Lipinski definition) is 2. The molecule has 0 saturated heterocycles. The second-order valence-electron chi connectivity index (χ2n) is 6.52. The Bertz CT molecular complexity index is 926. The summed E-state index contributed by atoms with van der Waals surface area (Å²) in [5.41, 5.74) is 4.10. The number of aromatic nitrogens is 4. The van der Waals surface area contributed by atoms with Crippen LogP contribution < -0.4 is 5.32 Å². The van der Waals surface area contributed by atoms with E-state index in [-0.39, 0.29) is 18.9 Å². The van der Waals surface area contributed by atoms with Crippen molar-refractivity contribution in [2.24, 2.45) is 0 Å². The summed E-state index contributed by atoms with van der Waals surface area (Å²) >= 11 is 0. The first kappa shape index (κ1) is 18.8. The fourth-order valence-corrected chi connectivity index (χ4v) is 2.94. The smallest absolute Gasteiger partial charge is 0.251 e. The first-order valence-electron chi connectivity index (χ1n) is 8.71. The molecule has 0 aliphatic rings. The van der Waals surface area contributed by atoms with Crippen LogP contribution in [0.25, 0.3) is 5.95 Å². The summed E-state index contributed by atoms with van der Waals surface area (Å²) in [6.07, 6.45) is 0.765. The van der Waals surface area contributed by atoms with E-state index in [1.165, 1.54) is 6.26 Å². The van der Waals surface area contributed by atoms with Crippen molar-refractivity contribution in [3.05, 3.63) is 58.6 Å². The molecule has 8 heteroatoms. The third-order valence-electron chi connectivity index (χ3n) is 4.30. The van der Waals surface area contributed by atoms with E-state index in [0.29, 0.717) is 11.7 Å². The fraction of sp³-hybridized carbons (Fsp3) is 0.368. The van der Waals surface area contributed by atoms with Gasteiger partial charge in [-0.3, -0.25) is 4.79 Å². The number of hydrogen-bond acceptors (Lipinski definition) is 6. The van der Waals surface area contributed by atoms with E-state index in [4.69, 9.17) is 4.42 Å². The van der Waals surface area contributed by atoms with Gasteiger partial charge in [-0.1, -0.05) is 0 Å². The SMILES string of the molecule is Cc1cc(C)nc(-n2nc(C)c(CC(=O)NCC(O)c3ccco3)c2C)n1. The summed E-state index contributed by atoms with van der Waals surface area (Å²) in [7, 11) is 0. The molecule has 0 aliphatic heterocycles. The zero-order valence-corrected chi connectivity index (χ0v) is 15.9. The maximum absolute atomic E-state index is 12.3. The first-order valence-corrected chi connectivity index (χ1v) is 8.71. The number of aliphatic hydroxyl groups is 1. The van der Waals surface area contributed by atoms with E-state index < -0.39 is 6.10 Å². The molecule has 3 aromatic rings. The number of amides is 1. The standard InChI is InChI=1S/C19H23N5O3/c1-11-8-12(2)22-19(21-11)24-14(4)15(13(3)23-24)9-18(26)20-10-16(25)17-6-5-7-27-17/h5-8,16,25H,9-10H2,1-4H3,(H,20,26). The van der Waals surface area contributed by atoms with Crippen molar-refractivity contribution >= 4 is 5.91 Å². The van der Waals surface area contributed by atoms with E-state index in [1.54, 1.807) is 16.8 Å². The van der Waals surface area contributed by atoms with Crippen LogP contribution in [0.15, 0.2) is 28.9 Å². The summed E-state index contributed by atoms with van der Waals surface area (Å²) in [5.74, 6) is 0.711. The molecule has 142 valence electrons. The lowest BCUT2D eigenvalue weighted by molar-refractivity contribution is -0.121.